The lowest BCUT2D eigenvalue weighted by atomic mass is 9.88. The molecule has 2 aliphatic heterocycles. The van der Waals surface area contributed by atoms with Crippen LogP contribution >= 0.6 is 0 Å². The fourth-order valence-electron chi connectivity index (χ4n) is 2.99. The first-order valence-electron chi connectivity index (χ1n) is 7.71. The number of para-hydroxylation sites is 2. The van der Waals surface area contributed by atoms with Crippen molar-refractivity contribution >= 4 is 17.8 Å². The van der Waals surface area contributed by atoms with Gasteiger partial charge in [-0.05, 0) is 25.0 Å². The van der Waals surface area contributed by atoms with Crippen molar-refractivity contribution in [1.82, 2.24) is 15.5 Å². The first-order valence-corrected chi connectivity index (χ1v) is 7.71. The van der Waals surface area contributed by atoms with Crippen molar-refractivity contribution in [3.8, 4) is 11.5 Å². The fraction of sp³-hybridized carbons (Fsp3) is 0.438. The van der Waals surface area contributed by atoms with Gasteiger partial charge in [-0.2, -0.15) is 0 Å². The third kappa shape index (κ3) is 2.99. The number of nitrogens with one attached hydrogen (secondary N) is 2. The lowest BCUT2D eigenvalue weighted by Crippen LogP contribution is -2.56. The highest BCUT2D eigenvalue weighted by atomic mass is 16.5. The summed E-state index contributed by atoms with van der Waals surface area (Å²) in [6, 6.07) is 6.63. The van der Waals surface area contributed by atoms with Crippen LogP contribution in [0.3, 0.4) is 0 Å². The lowest BCUT2D eigenvalue weighted by molar-refractivity contribution is -0.137. The van der Waals surface area contributed by atoms with E-state index in [1.807, 2.05) is 6.07 Å². The Morgan fingerprint density at radius 1 is 1.21 bits per heavy atom. The molecule has 8 nitrogen and oxygen atoms in total. The minimum atomic E-state index is -0.878. The topological polar surface area (TPSA) is 97.0 Å². The van der Waals surface area contributed by atoms with Crippen LogP contribution in [-0.4, -0.2) is 55.1 Å². The van der Waals surface area contributed by atoms with Crippen LogP contribution in [0.25, 0.3) is 0 Å². The molecule has 2 saturated heterocycles. The van der Waals surface area contributed by atoms with Crippen molar-refractivity contribution in [2.45, 2.75) is 18.4 Å². The molecule has 2 heterocycles. The first kappa shape index (κ1) is 16.1. The van der Waals surface area contributed by atoms with E-state index in [2.05, 4.69) is 10.6 Å². The zero-order valence-corrected chi connectivity index (χ0v) is 13.3. The Balaban J connectivity index is 1.54. The van der Waals surface area contributed by atoms with Gasteiger partial charge in [0.15, 0.2) is 18.1 Å². The van der Waals surface area contributed by atoms with Crippen LogP contribution in [0.15, 0.2) is 24.3 Å². The molecular weight excluding hydrogens is 314 g/mol. The van der Waals surface area contributed by atoms with Gasteiger partial charge in [0.2, 0.25) is 0 Å². The Kier molecular flexibility index (Phi) is 4.28. The molecule has 24 heavy (non-hydrogen) atoms. The number of carbonyl (C=O) groups excluding carboxylic acids is 3. The summed E-state index contributed by atoms with van der Waals surface area (Å²) in [5.74, 6) is 0.586. The van der Waals surface area contributed by atoms with E-state index >= 15 is 0 Å². The van der Waals surface area contributed by atoms with Crippen LogP contribution in [0.5, 0.6) is 11.5 Å². The van der Waals surface area contributed by atoms with E-state index in [4.69, 9.17) is 9.47 Å². The Labute approximate surface area is 139 Å². The third-order valence-electron chi connectivity index (χ3n) is 4.40. The summed E-state index contributed by atoms with van der Waals surface area (Å²) in [5.41, 5.74) is -0.878. The highest BCUT2D eigenvalue weighted by molar-refractivity contribution is 6.07. The van der Waals surface area contributed by atoms with Crippen LogP contribution < -0.4 is 20.1 Å². The van der Waals surface area contributed by atoms with E-state index in [9.17, 15) is 14.4 Å². The molecule has 3 rings (SSSR count). The van der Waals surface area contributed by atoms with Crippen LogP contribution in [-0.2, 0) is 9.59 Å². The number of methoxy groups -OCH3 is 1. The van der Waals surface area contributed by atoms with Crippen LogP contribution in [0.1, 0.15) is 12.8 Å². The SMILES string of the molecule is COc1ccccc1OCC(=O)N1CCC2(CC1)NC(=O)NC2=O. The second-order valence-electron chi connectivity index (χ2n) is 5.81. The average molecular weight is 333 g/mol. The number of imide groups is 1. The molecular formula is C16H19N3O5. The zero-order valence-electron chi connectivity index (χ0n) is 13.3. The molecule has 0 radical (unpaired) electrons. The zero-order chi connectivity index (χ0) is 17.2. The minimum absolute atomic E-state index is 0.105. The number of ether oxygens (including phenoxy) is 2. The molecule has 2 N–H and O–H groups in total. The molecule has 4 amide bonds. The van der Waals surface area contributed by atoms with E-state index in [1.165, 1.54) is 7.11 Å². The van der Waals surface area contributed by atoms with Crippen LogP contribution in [0.4, 0.5) is 4.79 Å². The summed E-state index contributed by atoms with van der Waals surface area (Å²) in [7, 11) is 1.54. The second-order valence-corrected chi connectivity index (χ2v) is 5.81. The van der Waals surface area contributed by atoms with E-state index in [-0.39, 0.29) is 18.4 Å². The van der Waals surface area contributed by atoms with Crippen molar-refractivity contribution in [3.05, 3.63) is 24.3 Å². The van der Waals surface area contributed by atoms with E-state index in [1.54, 1.807) is 23.1 Å². The Morgan fingerprint density at radius 3 is 2.46 bits per heavy atom. The highest BCUT2D eigenvalue weighted by Gasteiger charge is 2.48. The van der Waals surface area contributed by atoms with Gasteiger partial charge in [-0.15, -0.1) is 0 Å². The number of hydrogen-bond acceptors (Lipinski definition) is 5. The second kappa shape index (κ2) is 6.38. The predicted molar refractivity (Wildman–Crippen MR) is 83.7 cm³/mol. The average Bonchev–Trinajstić information content (AvgIpc) is 2.86. The summed E-state index contributed by atoms with van der Waals surface area (Å²) in [6.07, 6.45) is 0.788. The monoisotopic (exact) mass is 333 g/mol. The van der Waals surface area contributed by atoms with Gasteiger partial charge in [0.25, 0.3) is 11.8 Å². The maximum atomic E-state index is 12.3. The summed E-state index contributed by atoms with van der Waals surface area (Å²) in [4.78, 5) is 37.1. The normalized spacial score (nSPS) is 19.0. The van der Waals surface area contributed by atoms with Crippen LogP contribution in [0, 0.1) is 0 Å². The van der Waals surface area contributed by atoms with Gasteiger partial charge in [-0.1, -0.05) is 12.1 Å². The molecule has 0 aliphatic carbocycles. The Morgan fingerprint density at radius 2 is 1.88 bits per heavy atom. The molecule has 8 heteroatoms. The molecule has 2 aliphatic rings. The van der Waals surface area contributed by atoms with Crippen molar-refractivity contribution in [2.75, 3.05) is 26.8 Å². The standard InChI is InChI=1S/C16H19N3O5/c1-23-11-4-2-3-5-12(11)24-10-13(20)19-8-6-16(7-9-19)14(21)17-15(22)18-16/h2-5H,6-10H2,1H3,(H2,17,18,21,22). The molecule has 128 valence electrons. The largest absolute Gasteiger partial charge is 0.493 e. The first-order chi connectivity index (χ1) is 11.5. The summed E-state index contributed by atoms with van der Waals surface area (Å²) < 4.78 is 10.7. The number of benzene rings is 1. The maximum absolute atomic E-state index is 12.3. The number of hydrogen-bond donors (Lipinski definition) is 2. The number of piperidine rings is 1. The predicted octanol–water partition coefficient (Wildman–Crippen LogP) is 0.275. The summed E-state index contributed by atoms with van der Waals surface area (Å²) in [6.45, 7) is 0.676. The third-order valence-corrected chi connectivity index (χ3v) is 4.40. The van der Waals surface area contributed by atoms with Gasteiger partial charge in [0.05, 0.1) is 7.11 Å². The number of carbonyl (C=O) groups is 3. The molecule has 1 aromatic carbocycles. The molecule has 1 aromatic rings. The van der Waals surface area contributed by atoms with Crippen molar-refractivity contribution in [3.63, 3.8) is 0 Å². The number of rotatable bonds is 4. The lowest BCUT2D eigenvalue weighted by Gasteiger charge is -2.36. The summed E-state index contributed by atoms with van der Waals surface area (Å²) in [5, 5.41) is 4.92. The highest BCUT2D eigenvalue weighted by Crippen LogP contribution is 2.27. The van der Waals surface area contributed by atoms with Gasteiger partial charge in [-0.25, -0.2) is 4.79 Å². The molecule has 2 fully saturated rings. The fourth-order valence-corrected chi connectivity index (χ4v) is 2.99. The molecule has 0 unspecified atom stereocenters. The minimum Gasteiger partial charge on any atom is -0.493 e. The van der Waals surface area contributed by atoms with Crippen molar-refractivity contribution in [2.24, 2.45) is 0 Å². The summed E-state index contributed by atoms with van der Waals surface area (Å²) >= 11 is 0. The van der Waals surface area contributed by atoms with Gasteiger partial charge >= 0.3 is 6.03 Å². The molecule has 0 saturated carbocycles. The van der Waals surface area contributed by atoms with Gasteiger partial charge in [0, 0.05) is 13.1 Å². The van der Waals surface area contributed by atoms with E-state index in [0.29, 0.717) is 37.4 Å². The van der Waals surface area contributed by atoms with Crippen molar-refractivity contribution < 1.29 is 23.9 Å². The molecule has 0 aromatic heterocycles. The molecule has 0 atom stereocenters. The maximum Gasteiger partial charge on any atom is 0.322 e. The quantitative estimate of drug-likeness (QED) is 0.771. The molecule has 1 spiro atoms. The number of likely N-dealkylation sites (tertiary alicyclic amines) is 1. The van der Waals surface area contributed by atoms with Gasteiger partial charge in [-0.3, -0.25) is 14.9 Å². The Bertz CT molecular complexity index is 667. The van der Waals surface area contributed by atoms with Crippen molar-refractivity contribution in [1.29, 1.82) is 0 Å². The molecule has 0 bridgehead atoms. The van der Waals surface area contributed by atoms with E-state index in [0.717, 1.165) is 0 Å². The Hall–Kier alpha value is -2.77. The van der Waals surface area contributed by atoms with E-state index < -0.39 is 11.6 Å². The van der Waals surface area contributed by atoms with Gasteiger partial charge < -0.3 is 19.7 Å². The number of amides is 4. The smallest absolute Gasteiger partial charge is 0.322 e. The van der Waals surface area contributed by atoms with Crippen LogP contribution in [0.2, 0.25) is 0 Å². The number of urea groups is 1. The van der Waals surface area contributed by atoms with Gasteiger partial charge in [0.1, 0.15) is 5.54 Å². The number of nitrogens with zero attached hydrogens (tertiary/aromatic N) is 1.